The van der Waals surface area contributed by atoms with E-state index in [2.05, 4.69) is 10.3 Å². The van der Waals surface area contributed by atoms with Crippen molar-refractivity contribution in [3.63, 3.8) is 0 Å². The zero-order valence-corrected chi connectivity index (χ0v) is 14.2. The number of anilines is 1. The quantitative estimate of drug-likeness (QED) is 0.542. The number of carbonyl (C=O) groups excluding carboxylic acids is 1. The Morgan fingerprint density at radius 3 is 2.00 bits per heavy atom. The third-order valence-corrected chi connectivity index (χ3v) is 3.72. The van der Waals surface area contributed by atoms with Crippen LogP contribution in [0.3, 0.4) is 0 Å². The van der Waals surface area contributed by atoms with Gasteiger partial charge in [-0.3, -0.25) is 5.32 Å². The van der Waals surface area contributed by atoms with Crippen LogP contribution in [0.1, 0.15) is 11.1 Å². The van der Waals surface area contributed by atoms with Gasteiger partial charge in [-0.15, -0.1) is 0 Å². The van der Waals surface area contributed by atoms with Crippen LogP contribution in [0.15, 0.2) is 88.5 Å². The third-order valence-electron chi connectivity index (χ3n) is 3.72. The lowest BCUT2D eigenvalue weighted by Crippen LogP contribution is -2.37. The van der Waals surface area contributed by atoms with Crippen molar-refractivity contribution >= 4 is 17.9 Å². The highest BCUT2D eigenvalue weighted by Gasteiger charge is 2.12. The maximum Gasteiger partial charge on any atom is 0.350 e. The summed E-state index contributed by atoms with van der Waals surface area (Å²) in [7, 11) is 0. The lowest BCUT2D eigenvalue weighted by Gasteiger charge is -2.23. The molecule has 0 aliphatic carbocycles. The molecule has 3 aromatic rings. The van der Waals surface area contributed by atoms with E-state index in [0.717, 1.165) is 11.1 Å². The second-order valence-electron chi connectivity index (χ2n) is 5.70. The summed E-state index contributed by atoms with van der Waals surface area (Å²) in [6.45, 7) is 1.08. The number of carbonyl (C=O) groups is 1. The van der Waals surface area contributed by atoms with Gasteiger partial charge in [0.1, 0.15) is 0 Å². The number of aliphatic imine (C=N–C) groups is 1. The van der Waals surface area contributed by atoms with Gasteiger partial charge >= 0.3 is 6.03 Å². The maximum atomic E-state index is 12.1. The fraction of sp³-hybridized carbons (Fsp3) is 0.100. The van der Waals surface area contributed by atoms with Crippen LogP contribution in [0.4, 0.5) is 10.7 Å². The van der Waals surface area contributed by atoms with Crippen molar-refractivity contribution in [3.05, 3.63) is 90.2 Å². The average molecular weight is 348 g/mol. The van der Waals surface area contributed by atoms with Crippen LogP contribution >= 0.6 is 0 Å². The number of hydrogen-bond acceptors (Lipinski definition) is 2. The molecule has 0 aliphatic heterocycles. The molecule has 0 radical (unpaired) electrons. The molecule has 0 spiro atoms. The number of urea groups is 1. The molecule has 0 aliphatic rings. The van der Waals surface area contributed by atoms with Crippen molar-refractivity contribution in [3.8, 4) is 0 Å². The molecule has 26 heavy (non-hydrogen) atoms. The van der Waals surface area contributed by atoms with Gasteiger partial charge in [0.05, 0.1) is 6.26 Å². The summed E-state index contributed by atoms with van der Waals surface area (Å²) in [5.74, 6) is 0.464. The van der Waals surface area contributed by atoms with Crippen LogP contribution in [0.5, 0.6) is 0 Å². The van der Waals surface area contributed by atoms with E-state index >= 15 is 0 Å². The Morgan fingerprint density at radius 1 is 0.923 bits per heavy atom. The number of amides is 2. The van der Waals surface area contributed by atoms with Crippen LogP contribution in [0.25, 0.3) is 0 Å². The van der Waals surface area contributed by atoms with Gasteiger partial charge in [0, 0.05) is 19.2 Å². The van der Waals surface area contributed by atoms with E-state index in [1.165, 1.54) is 6.26 Å². The van der Waals surface area contributed by atoms with Gasteiger partial charge in [0.15, 0.2) is 0 Å². The lowest BCUT2D eigenvalue weighted by molar-refractivity contribution is 0.258. The molecular formula is C20H20N4O2. The number of nitrogens with one attached hydrogen (secondary N) is 1. The molecule has 3 rings (SSSR count). The molecule has 0 fully saturated rings. The monoisotopic (exact) mass is 348 g/mol. The Morgan fingerprint density at radius 2 is 1.50 bits per heavy atom. The lowest BCUT2D eigenvalue weighted by atomic mass is 10.2. The molecule has 0 unspecified atom stereocenters. The SMILES string of the molecule is N/C(=N/C(=O)Nc1ccco1)N(Cc1ccccc1)Cc1ccccc1. The number of rotatable bonds is 5. The summed E-state index contributed by atoms with van der Waals surface area (Å²) in [6, 6.07) is 22.5. The van der Waals surface area contributed by atoms with E-state index in [0.29, 0.717) is 19.0 Å². The van der Waals surface area contributed by atoms with Crippen LogP contribution in [-0.2, 0) is 13.1 Å². The molecule has 0 bridgehead atoms. The maximum absolute atomic E-state index is 12.1. The molecular weight excluding hydrogens is 328 g/mol. The summed E-state index contributed by atoms with van der Waals surface area (Å²) >= 11 is 0. The molecule has 2 aromatic carbocycles. The Labute approximate surface area is 152 Å². The number of nitrogens with zero attached hydrogens (tertiary/aromatic N) is 2. The summed E-state index contributed by atoms with van der Waals surface area (Å²) in [6.07, 6.45) is 1.47. The Hall–Kier alpha value is -3.54. The Balaban J connectivity index is 1.76. The molecule has 6 heteroatoms. The zero-order valence-electron chi connectivity index (χ0n) is 14.2. The average Bonchev–Trinajstić information content (AvgIpc) is 3.15. The number of hydrogen-bond donors (Lipinski definition) is 2. The van der Waals surface area contributed by atoms with Gasteiger partial charge in [-0.25, -0.2) is 4.79 Å². The van der Waals surface area contributed by atoms with E-state index in [1.54, 1.807) is 12.1 Å². The van der Waals surface area contributed by atoms with E-state index in [9.17, 15) is 4.79 Å². The van der Waals surface area contributed by atoms with Crippen molar-refractivity contribution in [2.45, 2.75) is 13.1 Å². The standard InChI is InChI=1S/C20H20N4O2/c21-19(23-20(25)22-18-12-7-13-26-18)24(14-16-8-3-1-4-9-16)15-17-10-5-2-6-11-17/h1-13H,14-15H2,(H3,21,22,23,25). The van der Waals surface area contributed by atoms with Crippen LogP contribution in [0.2, 0.25) is 0 Å². The van der Waals surface area contributed by atoms with Crippen LogP contribution in [-0.4, -0.2) is 16.9 Å². The molecule has 6 nitrogen and oxygen atoms in total. The second kappa shape index (κ2) is 8.53. The van der Waals surface area contributed by atoms with E-state index in [4.69, 9.17) is 10.2 Å². The fourth-order valence-corrected chi connectivity index (χ4v) is 2.48. The Bertz CT molecular complexity index is 805. The summed E-state index contributed by atoms with van der Waals surface area (Å²) in [5, 5.41) is 2.54. The first-order valence-electron chi connectivity index (χ1n) is 8.22. The predicted octanol–water partition coefficient (Wildman–Crippen LogP) is 3.83. The molecule has 1 aromatic heterocycles. The minimum atomic E-state index is -0.580. The molecule has 0 atom stereocenters. The summed E-state index contributed by atoms with van der Waals surface area (Å²) < 4.78 is 5.08. The van der Waals surface area contributed by atoms with Gasteiger partial charge in [0.25, 0.3) is 0 Å². The van der Waals surface area contributed by atoms with Crippen molar-refractivity contribution < 1.29 is 9.21 Å². The number of furan rings is 1. The fourth-order valence-electron chi connectivity index (χ4n) is 2.48. The minimum Gasteiger partial charge on any atom is -0.449 e. The highest BCUT2D eigenvalue weighted by atomic mass is 16.3. The van der Waals surface area contributed by atoms with E-state index in [-0.39, 0.29) is 5.96 Å². The molecule has 132 valence electrons. The molecule has 1 heterocycles. The van der Waals surface area contributed by atoms with Crippen molar-refractivity contribution in [2.75, 3.05) is 5.32 Å². The van der Waals surface area contributed by atoms with Crippen LogP contribution in [0, 0.1) is 0 Å². The number of guanidine groups is 1. The highest BCUT2D eigenvalue weighted by Crippen LogP contribution is 2.11. The predicted molar refractivity (Wildman–Crippen MR) is 101 cm³/mol. The van der Waals surface area contributed by atoms with Crippen LogP contribution < -0.4 is 11.1 Å². The zero-order chi connectivity index (χ0) is 18.2. The largest absolute Gasteiger partial charge is 0.449 e. The second-order valence-corrected chi connectivity index (χ2v) is 5.70. The highest BCUT2D eigenvalue weighted by molar-refractivity contribution is 5.97. The van der Waals surface area contributed by atoms with Crippen molar-refractivity contribution in [1.82, 2.24) is 4.90 Å². The smallest absolute Gasteiger partial charge is 0.350 e. The normalized spacial score (nSPS) is 11.2. The molecule has 0 saturated heterocycles. The van der Waals surface area contributed by atoms with Gasteiger partial charge < -0.3 is 15.1 Å². The molecule has 2 amide bonds. The van der Waals surface area contributed by atoms with Crippen molar-refractivity contribution in [1.29, 1.82) is 0 Å². The van der Waals surface area contributed by atoms with Gasteiger partial charge in [-0.2, -0.15) is 4.99 Å². The minimum absolute atomic E-state index is 0.141. The Kier molecular flexibility index (Phi) is 5.67. The third kappa shape index (κ3) is 4.98. The van der Waals surface area contributed by atoms with Gasteiger partial charge in [-0.05, 0) is 17.2 Å². The summed E-state index contributed by atoms with van der Waals surface area (Å²) in [5.41, 5.74) is 8.28. The summed E-state index contributed by atoms with van der Waals surface area (Å²) in [4.78, 5) is 17.9. The number of nitrogens with two attached hydrogens (primary N) is 1. The first kappa shape index (κ1) is 17.3. The topological polar surface area (TPSA) is 83.9 Å². The van der Waals surface area contributed by atoms with E-state index in [1.807, 2.05) is 65.6 Å². The first-order chi connectivity index (χ1) is 12.7. The van der Waals surface area contributed by atoms with E-state index < -0.39 is 6.03 Å². The van der Waals surface area contributed by atoms with Crippen molar-refractivity contribution in [2.24, 2.45) is 10.7 Å². The molecule has 0 saturated carbocycles. The van der Waals surface area contributed by atoms with Gasteiger partial charge in [0.2, 0.25) is 11.8 Å². The van der Waals surface area contributed by atoms with Gasteiger partial charge in [-0.1, -0.05) is 60.7 Å². The number of benzene rings is 2. The molecule has 3 N–H and O–H groups in total. The first-order valence-corrected chi connectivity index (χ1v) is 8.22.